The molecule has 13 heavy (non-hydrogen) atoms. The van der Waals surface area contributed by atoms with Crippen LogP contribution in [0.4, 0.5) is 0 Å². The second-order valence-electron chi connectivity index (χ2n) is 4.75. The molecule has 1 heteroatoms. The largest absolute Gasteiger partial charge is 0.0922 e. The summed E-state index contributed by atoms with van der Waals surface area (Å²) < 4.78 is 0. The average molecular weight is 247 g/mol. The molecule has 0 saturated heterocycles. The maximum absolute atomic E-state index is 3.66. The van der Waals surface area contributed by atoms with Gasteiger partial charge in [-0.25, -0.2) is 0 Å². The highest BCUT2D eigenvalue weighted by molar-refractivity contribution is 9.09. The Kier molecular flexibility index (Phi) is 4.78. The number of unbranched alkanes of at least 4 members (excludes halogenated alkanes) is 1. The molecule has 1 rings (SSSR count). The lowest BCUT2D eigenvalue weighted by atomic mass is 9.88. The molecule has 1 aliphatic carbocycles. The molecular weight excluding hydrogens is 224 g/mol. The Morgan fingerprint density at radius 3 is 2.38 bits per heavy atom. The molecule has 1 fully saturated rings. The number of alkyl halides is 1. The Bertz CT molecular complexity index is 138. The molecule has 0 N–H and O–H groups in total. The molecule has 78 valence electrons. The molecule has 0 aromatic heterocycles. The Morgan fingerprint density at radius 1 is 1.31 bits per heavy atom. The topological polar surface area (TPSA) is 0 Å². The first-order valence-electron chi connectivity index (χ1n) is 5.82. The standard InChI is InChI=1S/C12H23Br/c1-3-5-6-11(4-2)9-12(10-13)7-8-12/h11H,3-10H2,1-2H3. The van der Waals surface area contributed by atoms with Gasteiger partial charge in [-0.3, -0.25) is 0 Å². The number of rotatable bonds is 7. The maximum atomic E-state index is 3.66. The molecule has 0 heterocycles. The van der Waals surface area contributed by atoms with Crippen LogP contribution >= 0.6 is 15.9 Å². The van der Waals surface area contributed by atoms with E-state index in [0.717, 1.165) is 11.3 Å². The first-order valence-corrected chi connectivity index (χ1v) is 6.94. The van der Waals surface area contributed by atoms with E-state index in [-0.39, 0.29) is 0 Å². The zero-order chi connectivity index (χ0) is 9.73. The third kappa shape index (κ3) is 3.61. The maximum Gasteiger partial charge on any atom is 0.00880 e. The van der Waals surface area contributed by atoms with E-state index in [4.69, 9.17) is 0 Å². The molecule has 0 spiro atoms. The molecule has 1 saturated carbocycles. The first kappa shape index (κ1) is 11.6. The van der Waals surface area contributed by atoms with Gasteiger partial charge in [0.2, 0.25) is 0 Å². The summed E-state index contributed by atoms with van der Waals surface area (Å²) in [6, 6.07) is 0. The third-order valence-electron chi connectivity index (χ3n) is 3.51. The highest BCUT2D eigenvalue weighted by Gasteiger charge is 2.42. The monoisotopic (exact) mass is 246 g/mol. The molecule has 0 aromatic carbocycles. The summed E-state index contributed by atoms with van der Waals surface area (Å²) >= 11 is 3.66. The van der Waals surface area contributed by atoms with Crippen molar-refractivity contribution >= 4 is 15.9 Å². The van der Waals surface area contributed by atoms with Gasteiger partial charge in [0.25, 0.3) is 0 Å². The van der Waals surface area contributed by atoms with Crippen molar-refractivity contribution in [2.24, 2.45) is 11.3 Å². The van der Waals surface area contributed by atoms with Crippen LogP contribution in [0.1, 0.15) is 58.8 Å². The van der Waals surface area contributed by atoms with Crippen molar-refractivity contribution in [3.8, 4) is 0 Å². The van der Waals surface area contributed by atoms with E-state index >= 15 is 0 Å². The third-order valence-corrected chi connectivity index (χ3v) is 4.70. The zero-order valence-corrected chi connectivity index (χ0v) is 10.7. The quantitative estimate of drug-likeness (QED) is 0.568. The van der Waals surface area contributed by atoms with Crippen LogP contribution in [0.25, 0.3) is 0 Å². The summed E-state index contributed by atoms with van der Waals surface area (Å²) in [6.07, 6.45) is 10.1. The van der Waals surface area contributed by atoms with Crippen molar-refractivity contribution in [2.75, 3.05) is 5.33 Å². The zero-order valence-electron chi connectivity index (χ0n) is 9.11. The Labute approximate surface area is 91.6 Å². The fraction of sp³-hybridized carbons (Fsp3) is 1.00. The van der Waals surface area contributed by atoms with Crippen LogP contribution in [0.5, 0.6) is 0 Å². The second-order valence-corrected chi connectivity index (χ2v) is 5.31. The lowest BCUT2D eigenvalue weighted by molar-refractivity contribution is 0.344. The van der Waals surface area contributed by atoms with E-state index in [0.29, 0.717) is 0 Å². The fourth-order valence-corrected chi connectivity index (χ4v) is 2.91. The van der Waals surface area contributed by atoms with Crippen LogP contribution < -0.4 is 0 Å². The van der Waals surface area contributed by atoms with E-state index < -0.39 is 0 Å². The van der Waals surface area contributed by atoms with Crippen LogP contribution in [-0.2, 0) is 0 Å². The van der Waals surface area contributed by atoms with E-state index in [2.05, 4.69) is 29.8 Å². The van der Waals surface area contributed by atoms with E-state index in [9.17, 15) is 0 Å². The summed E-state index contributed by atoms with van der Waals surface area (Å²) in [5.74, 6) is 1.000. The molecule has 1 aliphatic rings. The van der Waals surface area contributed by atoms with Crippen LogP contribution in [0, 0.1) is 11.3 Å². The molecule has 1 atom stereocenters. The highest BCUT2D eigenvalue weighted by atomic mass is 79.9. The molecular formula is C12H23Br. The second kappa shape index (κ2) is 5.38. The van der Waals surface area contributed by atoms with Gasteiger partial charge in [0.05, 0.1) is 0 Å². The molecule has 0 amide bonds. The van der Waals surface area contributed by atoms with E-state index in [1.165, 1.54) is 50.3 Å². The van der Waals surface area contributed by atoms with E-state index in [1.807, 2.05) is 0 Å². The normalized spacial score (nSPS) is 21.5. The smallest absolute Gasteiger partial charge is 0.00880 e. The Morgan fingerprint density at radius 2 is 2.00 bits per heavy atom. The van der Waals surface area contributed by atoms with E-state index in [1.54, 1.807) is 0 Å². The lowest BCUT2D eigenvalue weighted by Gasteiger charge is -2.20. The van der Waals surface area contributed by atoms with Gasteiger partial charge >= 0.3 is 0 Å². The van der Waals surface area contributed by atoms with Gasteiger partial charge in [-0.15, -0.1) is 0 Å². The van der Waals surface area contributed by atoms with Gasteiger partial charge in [-0.2, -0.15) is 0 Å². The van der Waals surface area contributed by atoms with Gasteiger partial charge in [-0.1, -0.05) is 55.5 Å². The minimum absolute atomic E-state index is 0.731. The van der Waals surface area contributed by atoms with Crippen molar-refractivity contribution in [3.63, 3.8) is 0 Å². The van der Waals surface area contributed by atoms with Crippen molar-refractivity contribution in [1.29, 1.82) is 0 Å². The van der Waals surface area contributed by atoms with Crippen molar-refractivity contribution in [1.82, 2.24) is 0 Å². The predicted molar refractivity (Wildman–Crippen MR) is 63.4 cm³/mol. The summed E-state index contributed by atoms with van der Waals surface area (Å²) in [7, 11) is 0. The minimum atomic E-state index is 0.731. The van der Waals surface area contributed by atoms with Crippen LogP contribution in [-0.4, -0.2) is 5.33 Å². The van der Waals surface area contributed by atoms with Gasteiger partial charge in [0, 0.05) is 5.33 Å². The highest BCUT2D eigenvalue weighted by Crippen LogP contribution is 2.52. The minimum Gasteiger partial charge on any atom is -0.0922 e. The molecule has 1 unspecified atom stereocenters. The van der Waals surface area contributed by atoms with Crippen LogP contribution in [0.15, 0.2) is 0 Å². The molecule has 0 nitrogen and oxygen atoms in total. The summed E-state index contributed by atoms with van der Waals surface area (Å²) in [5, 5.41) is 1.24. The van der Waals surface area contributed by atoms with Crippen molar-refractivity contribution < 1.29 is 0 Å². The number of halogens is 1. The number of hydrogen-bond acceptors (Lipinski definition) is 0. The summed E-state index contributed by atoms with van der Waals surface area (Å²) in [6.45, 7) is 4.65. The Balaban J connectivity index is 2.22. The molecule has 0 radical (unpaired) electrons. The van der Waals surface area contributed by atoms with Gasteiger partial charge in [0.15, 0.2) is 0 Å². The molecule has 0 aliphatic heterocycles. The SMILES string of the molecule is CCCCC(CC)CC1(CBr)CC1. The summed E-state index contributed by atoms with van der Waals surface area (Å²) in [4.78, 5) is 0. The predicted octanol–water partition coefficient (Wildman–Crippen LogP) is 4.77. The first-order chi connectivity index (χ1) is 6.26. The van der Waals surface area contributed by atoms with Crippen molar-refractivity contribution in [2.45, 2.75) is 58.8 Å². The van der Waals surface area contributed by atoms with Gasteiger partial charge in [-0.05, 0) is 30.6 Å². The van der Waals surface area contributed by atoms with Crippen LogP contribution in [0.3, 0.4) is 0 Å². The van der Waals surface area contributed by atoms with Crippen LogP contribution in [0.2, 0.25) is 0 Å². The molecule has 0 aromatic rings. The fourth-order valence-electron chi connectivity index (χ4n) is 2.12. The van der Waals surface area contributed by atoms with Crippen molar-refractivity contribution in [3.05, 3.63) is 0 Å². The Hall–Kier alpha value is 0.480. The summed E-state index contributed by atoms with van der Waals surface area (Å²) in [5.41, 5.74) is 0.731. The lowest BCUT2D eigenvalue weighted by Crippen LogP contribution is -2.10. The molecule has 0 bridgehead atoms. The number of hydrogen-bond donors (Lipinski definition) is 0. The van der Waals surface area contributed by atoms with Gasteiger partial charge in [0.1, 0.15) is 0 Å². The van der Waals surface area contributed by atoms with Gasteiger partial charge < -0.3 is 0 Å². The average Bonchev–Trinajstić information content (AvgIpc) is 2.93.